The molecule has 4 atom stereocenters. The molecule has 3 saturated heterocycles. The number of aliphatic hydroxyl groups excluding tert-OH is 1. The minimum absolute atomic E-state index is 0.0131. The summed E-state index contributed by atoms with van der Waals surface area (Å²) in [6, 6.07) is 13.1. The van der Waals surface area contributed by atoms with Gasteiger partial charge in [-0.1, -0.05) is 70.0 Å². The lowest BCUT2D eigenvalue weighted by Crippen LogP contribution is -2.61. The largest absolute Gasteiger partial charge is 0.465 e. The smallest absolute Gasteiger partial charge is 0.341 e. The molecule has 1 aliphatic carbocycles. The highest BCUT2D eigenvalue weighted by Gasteiger charge is 2.47. The number of unbranched alkanes of at least 4 members (excludes halogenated alkanes) is 3. The van der Waals surface area contributed by atoms with Gasteiger partial charge in [0.2, 0.25) is 23.6 Å². The van der Waals surface area contributed by atoms with E-state index in [0.717, 1.165) is 118 Å². The highest BCUT2D eigenvalue weighted by Crippen LogP contribution is 2.45. The van der Waals surface area contributed by atoms with Gasteiger partial charge >= 0.3 is 5.97 Å². The van der Waals surface area contributed by atoms with Crippen molar-refractivity contribution in [1.82, 2.24) is 40.7 Å². The number of β-amino-alcohol motifs (C(OH)–C–C–N with tert-alkyl or cyclic N) is 1. The van der Waals surface area contributed by atoms with Crippen LogP contribution in [0.4, 0.5) is 5.82 Å². The average molecular weight is 1050 g/mol. The number of aryl methyl sites for hydroxylation is 1. The molecule has 75 heavy (non-hydrogen) atoms. The number of nitrogens with zero attached hydrogens (tertiary/aromatic N) is 6. The minimum atomic E-state index is -0.886. The Hall–Kier alpha value is -5.98. The molecule has 404 valence electrons. The van der Waals surface area contributed by atoms with E-state index in [1.54, 1.807) is 35.7 Å². The fraction of sp³-hybridized carbons (Fsp3) is 0.579. The summed E-state index contributed by atoms with van der Waals surface area (Å²) < 4.78 is 11.1. The van der Waals surface area contributed by atoms with E-state index < -0.39 is 29.6 Å². The average Bonchev–Trinajstić information content (AvgIpc) is 4.01. The van der Waals surface area contributed by atoms with Gasteiger partial charge in [0.05, 0.1) is 41.5 Å². The lowest BCUT2D eigenvalue weighted by molar-refractivity contribution is -0.144. The molecule has 17 nitrogen and oxygen atoms in total. The number of anilines is 1. The summed E-state index contributed by atoms with van der Waals surface area (Å²) in [6.07, 6.45) is 12.6. The number of aliphatic hydroxyl groups is 1. The fourth-order valence-electron chi connectivity index (χ4n) is 11.3. The first-order valence-corrected chi connectivity index (χ1v) is 27.9. The van der Waals surface area contributed by atoms with Crippen LogP contribution in [0.5, 0.6) is 11.5 Å². The second-order valence-corrected chi connectivity index (χ2v) is 23.4. The van der Waals surface area contributed by atoms with Gasteiger partial charge in [0.15, 0.2) is 11.6 Å². The number of amides is 4. The van der Waals surface area contributed by atoms with Crippen molar-refractivity contribution in [1.29, 1.82) is 0 Å². The van der Waals surface area contributed by atoms with E-state index >= 15 is 0 Å². The maximum absolute atomic E-state index is 14.1. The topological polar surface area (TPSA) is 209 Å². The number of hydrogen-bond donors (Lipinski definition) is 4. The summed E-state index contributed by atoms with van der Waals surface area (Å²) in [7, 11) is 1.35. The van der Waals surface area contributed by atoms with Crippen LogP contribution >= 0.6 is 11.3 Å². The molecule has 4 N–H and O–H groups in total. The quantitative estimate of drug-likeness (QED) is 0.0493. The SMILES string of the molecule is COC(=O)c1ccccc1Oc1cncnc1N1CC2(CCN(CC3CCC(NC(=O)CCCCCCC(=O)N[C@@H](C(=O)N4C[C@@H](O)C[C@@H]4C(=O)N[C@H](C)c4ccc(-c5scnc5C)cc4)C(C)(C)C)CC3)CC2)C1. The molecule has 0 unspecified atom stereocenters. The predicted molar refractivity (Wildman–Crippen MR) is 288 cm³/mol. The Kier molecular flexibility index (Phi) is 18.3. The third-order valence-corrected chi connectivity index (χ3v) is 16.8. The summed E-state index contributed by atoms with van der Waals surface area (Å²) in [5.41, 5.74) is 4.72. The second kappa shape index (κ2) is 24.8. The van der Waals surface area contributed by atoms with Crippen molar-refractivity contribution in [3.05, 3.63) is 83.4 Å². The summed E-state index contributed by atoms with van der Waals surface area (Å²) >= 11 is 1.58. The number of methoxy groups -OCH3 is 1. The van der Waals surface area contributed by atoms with Crippen molar-refractivity contribution in [2.45, 2.75) is 148 Å². The van der Waals surface area contributed by atoms with Crippen LogP contribution in [0.2, 0.25) is 0 Å². The zero-order chi connectivity index (χ0) is 53.3. The van der Waals surface area contributed by atoms with Gasteiger partial charge in [-0.15, -0.1) is 11.3 Å². The highest BCUT2D eigenvalue weighted by atomic mass is 32.1. The molecule has 2 aromatic heterocycles. The number of nitrogens with one attached hydrogen (secondary N) is 3. The lowest BCUT2D eigenvalue weighted by atomic mass is 9.71. The number of carbonyl (C=O) groups excluding carboxylic acids is 5. The second-order valence-electron chi connectivity index (χ2n) is 22.5. The molecule has 4 aliphatic rings. The maximum atomic E-state index is 14.1. The van der Waals surface area contributed by atoms with E-state index in [1.165, 1.54) is 18.3 Å². The van der Waals surface area contributed by atoms with Crippen LogP contribution in [0.15, 0.2) is 66.6 Å². The molecular formula is C57H77N9O8S. The predicted octanol–water partition coefficient (Wildman–Crippen LogP) is 7.78. The van der Waals surface area contributed by atoms with E-state index in [4.69, 9.17) is 9.47 Å². The van der Waals surface area contributed by atoms with Gasteiger partial charge in [0.1, 0.15) is 29.7 Å². The van der Waals surface area contributed by atoms with Gasteiger partial charge in [0.25, 0.3) is 0 Å². The van der Waals surface area contributed by atoms with Crippen LogP contribution in [0, 0.1) is 23.7 Å². The number of carbonyl (C=O) groups is 5. The molecule has 5 heterocycles. The van der Waals surface area contributed by atoms with Gasteiger partial charge in [-0.25, -0.2) is 19.7 Å². The lowest BCUT2D eigenvalue weighted by Gasteiger charge is -2.54. The zero-order valence-electron chi connectivity index (χ0n) is 44.6. The summed E-state index contributed by atoms with van der Waals surface area (Å²) in [6.45, 7) is 14.6. The molecule has 1 saturated carbocycles. The van der Waals surface area contributed by atoms with Gasteiger partial charge in [-0.05, 0) is 113 Å². The minimum Gasteiger partial charge on any atom is -0.465 e. The maximum Gasteiger partial charge on any atom is 0.341 e. The van der Waals surface area contributed by atoms with E-state index in [0.29, 0.717) is 35.8 Å². The molecular weight excluding hydrogens is 971 g/mol. The highest BCUT2D eigenvalue weighted by molar-refractivity contribution is 7.13. The summed E-state index contributed by atoms with van der Waals surface area (Å²) in [5, 5.41) is 20.0. The Morgan fingerprint density at radius 3 is 2.24 bits per heavy atom. The third-order valence-electron chi connectivity index (χ3n) is 15.8. The van der Waals surface area contributed by atoms with E-state index in [1.807, 2.05) is 70.5 Å². The number of likely N-dealkylation sites (tertiary alicyclic amines) is 2. The number of rotatable bonds is 20. The van der Waals surface area contributed by atoms with Gasteiger partial charge in [-0.3, -0.25) is 19.2 Å². The number of esters is 1. The van der Waals surface area contributed by atoms with Crippen LogP contribution in [-0.4, -0.2) is 130 Å². The van der Waals surface area contributed by atoms with Crippen molar-refractivity contribution in [2.75, 3.05) is 51.3 Å². The van der Waals surface area contributed by atoms with Crippen molar-refractivity contribution in [3.8, 4) is 21.9 Å². The Morgan fingerprint density at radius 1 is 0.880 bits per heavy atom. The molecule has 0 radical (unpaired) electrons. The van der Waals surface area contributed by atoms with Gasteiger partial charge in [0, 0.05) is 56.9 Å². The molecule has 4 fully saturated rings. The summed E-state index contributed by atoms with van der Waals surface area (Å²) in [4.78, 5) is 86.9. The normalized spacial score (nSPS) is 21.4. The Balaban J connectivity index is 0.688. The van der Waals surface area contributed by atoms with Crippen LogP contribution in [0.3, 0.4) is 0 Å². The standard InChI is InChI=1S/C57H77N9O8S/c1-37(40-19-21-41(22-20-40)50-38(2)60-36-75-50)61-53(70)45-29-43(67)32-66(45)54(71)51(56(3,4)5)63-49(69)16-10-8-7-9-15-48(68)62-42-23-17-39(18-24-42)31-64-27-25-57(26-28-64)33-65(34-57)52-47(30-58-35-59-52)74-46-14-12-11-13-44(46)55(72)73-6/h11-14,19-22,30,35-37,39,42-43,45,51,67H,7-10,15-18,23-29,31-34H2,1-6H3,(H,61,70)(H,62,68)(H,63,69)/t37-,39?,42?,43+,45-,51+/m1/s1. The monoisotopic (exact) mass is 1050 g/mol. The Bertz CT molecular complexity index is 2600. The van der Waals surface area contributed by atoms with Crippen LogP contribution in [0.1, 0.15) is 139 Å². The number of ether oxygens (including phenoxy) is 2. The Morgan fingerprint density at radius 2 is 1.57 bits per heavy atom. The van der Waals surface area contributed by atoms with E-state index in [2.05, 4.69) is 40.7 Å². The van der Waals surface area contributed by atoms with Crippen molar-refractivity contribution in [3.63, 3.8) is 0 Å². The van der Waals surface area contributed by atoms with Crippen LogP contribution in [0.25, 0.3) is 10.4 Å². The number of thiazole rings is 1. The molecule has 8 rings (SSSR count). The molecule has 4 amide bonds. The van der Waals surface area contributed by atoms with Crippen molar-refractivity contribution >= 4 is 46.8 Å². The first kappa shape index (κ1) is 55.3. The zero-order valence-corrected chi connectivity index (χ0v) is 45.5. The van der Waals surface area contributed by atoms with Gasteiger partial charge < -0.3 is 45.2 Å². The molecule has 1 spiro atoms. The number of hydrogen-bond acceptors (Lipinski definition) is 14. The number of aromatic nitrogens is 3. The Labute approximate surface area is 446 Å². The van der Waals surface area contributed by atoms with E-state index in [9.17, 15) is 29.1 Å². The molecule has 3 aliphatic heterocycles. The van der Waals surface area contributed by atoms with Crippen LogP contribution < -0.4 is 25.6 Å². The van der Waals surface area contributed by atoms with E-state index in [-0.39, 0.29) is 60.5 Å². The first-order valence-electron chi connectivity index (χ1n) is 27.0. The first-order chi connectivity index (χ1) is 36.0. The van der Waals surface area contributed by atoms with Crippen molar-refractivity contribution in [2.24, 2.45) is 16.7 Å². The van der Waals surface area contributed by atoms with Crippen molar-refractivity contribution < 1.29 is 38.6 Å². The molecule has 4 aromatic rings. The fourth-order valence-corrected chi connectivity index (χ4v) is 12.2. The third kappa shape index (κ3) is 14.1. The number of piperidine rings is 1. The molecule has 18 heteroatoms. The number of para-hydroxylation sites is 1. The van der Waals surface area contributed by atoms with Crippen LogP contribution in [-0.2, 0) is 23.9 Å². The number of benzene rings is 2. The molecule has 0 bridgehead atoms. The molecule has 2 aromatic carbocycles. The summed E-state index contributed by atoms with van der Waals surface area (Å²) in [5.74, 6) is 0.948. The van der Waals surface area contributed by atoms with Gasteiger partial charge in [-0.2, -0.15) is 0 Å².